The number of pyridine rings is 1. The fraction of sp³-hybridized carbons (Fsp3) is 0.407. The van der Waals surface area contributed by atoms with Crippen molar-refractivity contribution in [1.82, 2.24) is 24.7 Å². The number of methoxy groups -OCH3 is 1. The van der Waals surface area contributed by atoms with Crippen LogP contribution in [0.15, 0.2) is 42.5 Å². The van der Waals surface area contributed by atoms with Gasteiger partial charge in [0, 0.05) is 5.69 Å². The van der Waals surface area contributed by atoms with Crippen LogP contribution in [0.4, 0.5) is 0 Å². The quantitative estimate of drug-likeness (QED) is 0.357. The minimum absolute atomic E-state index is 0.121. The lowest BCUT2D eigenvalue weighted by Crippen LogP contribution is -2.21. The van der Waals surface area contributed by atoms with Gasteiger partial charge in [0.1, 0.15) is 11.6 Å². The SMILES string of the molecule is CCc1nc2c(nc1-c1ccc(C(C)C)nc1OC)c(C)nn2C(CO)COCc1ccccc1. The summed E-state index contributed by atoms with van der Waals surface area (Å²) in [4.78, 5) is 14.6. The molecule has 4 aromatic rings. The smallest absolute Gasteiger partial charge is 0.222 e. The van der Waals surface area contributed by atoms with Gasteiger partial charge in [-0.15, -0.1) is 0 Å². The zero-order valence-corrected chi connectivity index (χ0v) is 21.0. The summed E-state index contributed by atoms with van der Waals surface area (Å²) < 4.78 is 13.3. The number of aryl methyl sites for hydroxylation is 2. The number of fused-ring (bicyclic) bond motifs is 1. The third-order valence-electron chi connectivity index (χ3n) is 6.00. The topological polar surface area (TPSA) is 95.2 Å². The molecule has 0 fully saturated rings. The first-order chi connectivity index (χ1) is 17.0. The van der Waals surface area contributed by atoms with Crippen LogP contribution in [-0.4, -0.2) is 50.2 Å². The zero-order valence-electron chi connectivity index (χ0n) is 21.0. The van der Waals surface area contributed by atoms with Crippen LogP contribution in [0.25, 0.3) is 22.4 Å². The number of hydrogen-bond donors (Lipinski definition) is 1. The van der Waals surface area contributed by atoms with Crippen molar-refractivity contribution in [3.63, 3.8) is 0 Å². The maximum Gasteiger partial charge on any atom is 0.222 e. The fourth-order valence-electron chi connectivity index (χ4n) is 4.04. The molecule has 1 N–H and O–H groups in total. The van der Waals surface area contributed by atoms with Gasteiger partial charge >= 0.3 is 0 Å². The Morgan fingerprint density at radius 3 is 2.46 bits per heavy atom. The summed E-state index contributed by atoms with van der Waals surface area (Å²) in [6.45, 7) is 8.80. The Morgan fingerprint density at radius 2 is 1.80 bits per heavy atom. The average Bonchev–Trinajstić information content (AvgIpc) is 3.21. The first kappa shape index (κ1) is 24.8. The zero-order chi connectivity index (χ0) is 24.9. The van der Waals surface area contributed by atoms with E-state index in [9.17, 15) is 5.11 Å². The predicted molar refractivity (Wildman–Crippen MR) is 136 cm³/mol. The molecule has 184 valence electrons. The van der Waals surface area contributed by atoms with E-state index in [1.54, 1.807) is 11.8 Å². The molecule has 0 spiro atoms. The molecule has 8 nitrogen and oxygen atoms in total. The minimum atomic E-state index is -0.374. The molecule has 0 aliphatic rings. The summed E-state index contributed by atoms with van der Waals surface area (Å²) in [6, 6.07) is 13.6. The molecule has 0 radical (unpaired) electrons. The highest BCUT2D eigenvalue weighted by Gasteiger charge is 2.23. The maximum absolute atomic E-state index is 10.1. The number of benzene rings is 1. The first-order valence-electron chi connectivity index (χ1n) is 12.0. The minimum Gasteiger partial charge on any atom is -0.480 e. The van der Waals surface area contributed by atoms with E-state index in [1.807, 2.05) is 56.3 Å². The predicted octanol–water partition coefficient (Wildman–Crippen LogP) is 4.64. The van der Waals surface area contributed by atoms with Gasteiger partial charge in [0.05, 0.1) is 49.6 Å². The van der Waals surface area contributed by atoms with Crippen molar-refractivity contribution in [2.45, 2.75) is 52.7 Å². The molecule has 0 bridgehead atoms. The highest BCUT2D eigenvalue weighted by Crippen LogP contribution is 2.33. The second-order valence-electron chi connectivity index (χ2n) is 8.86. The highest BCUT2D eigenvalue weighted by atomic mass is 16.5. The van der Waals surface area contributed by atoms with Gasteiger partial charge < -0.3 is 14.6 Å². The molecule has 3 heterocycles. The molecule has 0 amide bonds. The summed E-state index contributed by atoms with van der Waals surface area (Å²) in [5.41, 5.74) is 6.47. The van der Waals surface area contributed by atoms with E-state index in [1.165, 1.54) is 0 Å². The van der Waals surface area contributed by atoms with Crippen molar-refractivity contribution in [3.05, 3.63) is 65.1 Å². The molecule has 35 heavy (non-hydrogen) atoms. The summed E-state index contributed by atoms with van der Waals surface area (Å²) in [5, 5.41) is 14.8. The van der Waals surface area contributed by atoms with Gasteiger partial charge in [-0.3, -0.25) is 0 Å². The number of aromatic nitrogens is 5. The van der Waals surface area contributed by atoms with Gasteiger partial charge in [0.15, 0.2) is 5.65 Å². The largest absolute Gasteiger partial charge is 0.480 e. The lowest BCUT2D eigenvalue weighted by atomic mass is 10.1. The van der Waals surface area contributed by atoms with E-state index in [2.05, 4.69) is 23.9 Å². The number of ether oxygens (including phenoxy) is 2. The monoisotopic (exact) mass is 475 g/mol. The molecule has 3 aromatic heterocycles. The molecule has 8 heteroatoms. The van der Waals surface area contributed by atoms with Gasteiger partial charge in [0.25, 0.3) is 0 Å². The number of rotatable bonds is 10. The second-order valence-corrected chi connectivity index (χ2v) is 8.86. The molecule has 0 saturated heterocycles. The van der Waals surface area contributed by atoms with Crippen molar-refractivity contribution in [2.24, 2.45) is 0 Å². The third kappa shape index (κ3) is 5.18. The van der Waals surface area contributed by atoms with E-state index in [-0.39, 0.29) is 18.6 Å². The van der Waals surface area contributed by atoms with Crippen molar-refractivity contribution in [2.75, 3.05) is 20.3 Å². The fourth-order valence-corrected chi connectivity index (χ4v) is 4.04. The van der Waals surface area contributed by atoms with E-state index < -0.39 is 0 Å². The Bertz CT molecular complexity index is 1290. The third-order valence-corrected chi connectivity index (χ3v) is 6.00. The van der Waals surface area contributed by atoms with Crippen LogP contribution in [0.1, 0.15) is 55.4 Å². The van der Waals surface area contributed by atoms with E-state index in [0.29, 0.717) is 36.7 Å². The number of aliphatic hydroxyl groups excluding tert-OH is 1. The second kappa shape index (κ2) is 10.9. The normalized spacial score (nSPS) is 12.4. The maximum atomic E-state index is 10.1. The Balaban J connectivity index is 1.70. The first-order valence-corrected chi connectivity index (χ1v) is 12.0. The standard InChI is InChI=1S/C27H33N5O3/c1-6-22-25(21-12-13-23(17(2)3)29-27(21)34-5)30-24-18(4)31-32(26(24)28-22)20(14-33)16-35-15-19-10-8-7-9-11-19/h7-13,17,20,33H,6,14-16H2,1-5H3. The molecular weight excluding hydrogens is 442 g/mol. The summed E-state index contributed by atoms with van der Waals surface area (Å²) in [5.74, 6) is 0.823. The Kier molecular flexibility index (Phi) is 7.73. The number of aliphatic hydroxyl groups is 1. The van der Waals surface area contributed by atoms with Gasteiger partial charge in [0.2, 0.25) is 5.88 Å². The molecule has 0 aliphatic heterocycles. The van der Waals surface area contributed by atoms with E-state index in [0.717, 1.165) is 33.9 Å². The molecular formula is C27H33N5O3. The van der Waals surface area contributed by atoms with Crippen LogP contribution >= 0.6 is 0 Å². The summed E-state index contributed by atoms with van der Waals surface area (Å²) in [7, 11) is 1.62. The molecule has 0 aliphatic carbocycles. The van der Waals surface area contributed by atoms with Crippen LogP contribution in [0.2, 0.25) is 0 Å². The van der Waals surface area contributed by atoms with Gasteiger partial charge in [-0.1, -0.05) is 51.1 Å². The van der Waals surface area contributed by atoms with Crippen LogP contribution in [-0.2, 0) is 17.8 Å². The molecule has 0 saturated carbocycles. The lowest BCUT2D eigenvalue weighted by molar-refractivity contribution is 0.0640. The van der Waals surface area contributed by atoms with Gasteiger partial charge in [-0.05, 0) is 37.0 Å². The van der Waals surface area contributed by atoms with Crippen molar-refractivity contribution in [1.29, 1.82) is 0 Å². The Morgan fingerprint density at radius 1 is 1.03 bits per heavy atom. The summed E-state index contributed by atoms with van der Waals surface area (Å²) in [6.07, 6.45) is 0.673. The van der Waals surface area contributed by atoms with E-state index in [4.69, 9.17) is 19.4 Å². The molecule has 1 unspecified atom stereocenters. The average molecular weight is 476 g/mol. The van der Waals surface area contributed by atoms with Crippen LogP contribution in [0.3, 0.4) is 0 Å². The summed E-state index contributed by atoms with van der Waals surface area (Å²) >= 11 is 0. The van der Waals surface area contributed by atoms with E-state index >= 15 is 0 Å². The van der Waals surface area contributed by atoms with Crippen molar-refractivity contribution >= 4 is 11.2 Å². The van der Waals surface area contributed by atoms with Crippen LogP contribution in [0, 0.1) is 6.92 Å². The lowest BCUT2D eigenvalue weighted by Gasteiger charge is -2.17. The van der Waals surface area contributed by atoms with Crippen LogP contribution < -0.4 is 4.74 Å². The highest BCUT2D eigenvalue weighted by molar-refractivity contribution is 5.79. The Labute approximate surface area is 206 Å². The van der Waals surface area contributed by atoms with Crippen LogP contribution in [0.5, 0.6) is 5.88 Å². The number of hydrogen-bond acceptors (Lipinski definition) is 7. The molecule has 4 rings (SSSR count). The van der Waals surface area contributed by atoms with Crippen molar-refractivity contribution in [3.8, 4) is 17.1 Å². The molecule has 1 atom stereocenters. The van der Waals surface area contributed by atoms with Crippen molar-refractivity contribution < 1.29 is 14.6 Å². The Hall–Kier alpha value is -3.36. The molecule has 1 aromatic carbocycles. The van der Waals surface area contributed by atoms with Gasteiger partial charge in [-0.25, -0.2) is 19.6 Å². The number of nitrogens with zero attached hydrogens (tertiary/aromatic N) is 5. The van der Waals surface area contributed by atoms with Gasteiger partial charge in [-0.2, -0.15) is 5.10 Å².